The first kappa shape index (κ1) is 81.1. The molecule has 528 valence electrons. The number of aliphatic hydroxyl groups is 1. The first-order chi connectivity index (χ1) is 44.5. The number of benzene rings is 1. The van der Waals surface area contributed by atoms with Gasteiger partial charge in [0.05, 0.1) is 19.1 Å². The van der Waals surface area contributed by atoms with Gasteiger partial charge in [0.25, 0.3) is 0 Å². The number of carboxylic acids is 2. The van der Waals surface area contributed by atoms with E-state index in [1.165, 1.54) is 12.1 Å². The number of unbranched alkanes of at least 4 members (excludes halogenated alkanes) is 2. The predicted molar refractivity (Wildman–Crippen MR) is 344 cm³/mol. The van der Waals surface area contributed by atoms with Gasteiger partial charge in [-0.25, -0.2) is 4.79 Å². The Hall–Kier alpha value is -8.96. The van der Waals surface area contributed by atoms with E-state index in [-0.39, 0.29) is 114 Å². The molecule has 1 aliphatic rings. The Balaban J connectivity index is 2.53. The Morgan fingerprint density at radius 1 is 0.500 bits per heavy atom. The summed E-state index contributed by atoms with van der Waals surface area (Å²) in [6.45, 7) is 2.54. The number of phenolic OH excluding ortho intramolecular Hbond substituents is 1. The molecule has 0 unspecified atom stereocenters. The maximum absolute atomic E-state index is 14.7. The normalized spacial score (nSPS) is 15.4. The lowest BCUT2D eigenvalue weighted by Gasteiger charge is -2.31. The van der Waals surface area contributed by atoms with Gasteiger partial charge in [0.2, 0.25) is 59.1 Å². The first-order valence-corrected chi connectivity index (χ1v) is 31.6. The number of hydrogen-bond donors (Lipinski definition) is 21. The van der Waals surface area contributed by atoms with Crippen LogP contribution in [0, 0.1) is 11.8 Å². The third kappa shape index (κ3) is 32.1. The summed E-state index contributed by atoms with van der Waals surface area (Å²) in [5.74, 6) is -13.8. The summed E-state index contributed by atoms with van der Waals surface area (Å²) in [6, 6.07) is -8.99. The molecule has 0 aromatic heterocycles. The molecule has 1 aliphatic carbocycles. The highest BCUT2D eigenvalue weighted by atomic mass is 16.4. The second kappa shape index (κ2) is 43.8. The Bertz CT molecular complexity index is 2710. The summed E-state index contributed by atoms with van der Waals surface area (Å²) >= 11 is 0. The van der Waals surface area contributed by atoms with Crippen LogP contribution in [0.25, 0.3) is 0 Å². The van der Waals surface area contributed by atoms with Crippen molar-refractivity contribution < 1.29 is 78.0 Å². The summed E-state index contributed by atoms with van der Waals surface area (Å²) < 4.78 is 0. The fraction of sp³-hybridized carbons (Fsp3) is 0.661. The lowest BCUT2D eigenvalue weighted by molar-refractivity contribution is -0.147. The maximum atomic E-state index is 14.7. The van der Waals surface area contributed by atoms with Gasteiger partial charge in [-0.2, -0.15) is 0 Å². The van der Waals surface area contributed by atoms with Crippen LogP contribution in [0.5, 0.6) is 5.75 Å². The molecule has 1 saturated carbocycles. The Morgan fingerprint density at radius 2 is 0.894 bits per heavy atom. The minimum atomic E-state index is -1.88. The van der Waals surface area contributed by atoms with E-state index in [9.17, 15) is 78.0 Å². The van der Waals surface area contributed by atoms with Crippen molar-refractivity contribution in [2.45, 2.75) is 203 Å². The highest BCUT2D eigenvalue weighted by Crippen LogP contribution is 2.28. The molecule has 1 aromatic rings. The molecule has 94 heavy (non-hydrogen) atoms. The van der Waals surface area contributed by atoms with Crippen LogP contribution in [0.1, 0.15) is 141 Å². The third-order valence-electron chi connectivity index (χ3n) is 15.3. The van der Waals surface area contributed by atoms with E-state index in [1.54, 1.807) is 26.0 Å². The Kier molecular flexibility index (Phi) is 37.8. The lowest BCUT2D eigenvalue weighted by Crippen LogP contribution is -2.61. The molecular weight excluding hydrogens is 1230 g/mol. The summed E-state index contributed by atoms with van der Waals surface area (Å²) in [5, 5.41) is 61.8. The number of hydrogen-bond acceptors (Lipinski definition) is 19. The molecule has 1 aromatic carbocycles. The Labute approximate surface area is 545 Å². The first-order valence-electron chi connectivity index (χ1n) is 31.6. The fourth-order valence-corrected chi connectivity index (χ4v) is 10.1. The average Bonchev–Trinajstić information content (AvgIpc) is 1.31. The summed E-state index contributed by atoms with van der Waals surface area (Å²) in [7, 11) is 0. The SMILES string of the molecule is CC(C)[C@H](NC(=O)[C@H](CC1CCCCC1)NC(=O)[C@H](CCCN=C(N)N)NC(=O)[C@H](CCCCN)NC(=O)[C@H](CO)NC(=O)[C@H](CCCN=C(N)N)NC(=O)[C@H](N)Cc1ccc(O)cc1)C(=O)N[C@@H](CCC(N)=O)C(=O)N[C@@H](CCCCN)C(=O)N[C@@H](CC(=O)O)C(=O)O. The van der Waals surface area contributed by atoms with Crippen molar-refractivity contribution in [3.05, 3.63) is 29.8 Å². The molecule has 10 atom stereocenters. The highest BCUT2D eigenvalue weighted by molar-refractivity contribution is 5.99. The molecule has 29 N–H and O–H groups in total. The zero-order valence-electron chi connectivity index (χ0n) is 53.6. The number of carbonyl (C=O) groups is 12. The minimum Gasteiger partial charge on any atom is -0.508 e. The number of nitrogens with zero attached hydrogens (tertiary/aromatic N) is 2. The number of phenols is 1. The van der Waals surface area contributed by atoms with E-state index in [0.29, 0.717) is 31.2 Å². The molecule has 0 saturated heterocycles. The molecule has 0 heterocycles. The predicted octanol–water partition coefficient (Wildman–Crippen LogP) is -5.57. The van der Waals surface area contributed by atoms with Crippen molar-refractivity contribution in [2.75, 3.05) is 32.8 Å². The molecule has 35 nitrogen and oxygen atoms in total. The van der Waals surface area contributed by atoms with Crippen molar-refractivity contribution >= 4 is 82.9 Å². The largest absolute Gasteiger partial charge is 0.508 e. The van der Waals surface area contributed by atoms with E-state index < -0.39 is 163 Å². The van der Waals surface area contributed by atoms with Gasteiger partial charge in [0, 0.05) is 19.5 Å². The highest BCUT2D eigenvalue weighted by Gasteiger charge is 2.37. The van der Waals surface area contributed by atoms with Crippen LogP contribution in [-0.2, 0) is 64.0 Å². The number of aromatic hydroxyl groups is 1. The van der Waals surface area contributed by atoms with Crippen LogP contribution < -0.4 is 93.7 Å². The molecule has 35 heteroatoms. The minimum absolute atomic E-state index is 0.00831. The zero-order chi connectivity index (χ0) is 70.5. The van der Waals surface area contributed by atoms with E-state index >= 15 is 0 Å². The number of aliphatic hydroxyl groups excluding tert-OH is 1. The maximum Gasteiger partial charge on any atom is 0.326 e. The monoisotopic (exact) mass is 1330 g/mol. The van der Waals surface area contributed by atoms with E-state index in [4.69, 9.17) is 45.9 Å². The van der Waals surface area contributed by atoms with Crippen molar-refractivity contribution in [1.82, 2.24) is 47.9 Å². The molecule has 2 rings (SSSR count). The zero-order valence-corrected chi connectivity index (χ0v) is 53.6. The van der Waals surface area contributed by atoms with Crippen LogP contribution in [0.4, 0.5) is 0 Å². The molecule has 0 bridgehead atoms. The van der Waals surface area contributed by atoms with Gasteiger partial charge in [0.1, 0.15) is 60.1 Å². The van der Waals surface area contributed by atoms with Gasteiger partial charge >= 0.3 is 11.9 Å². The van der Waals surface area contributed by atoms with Gasteiger partial charge < -0.3 is 114 Å². The molecular formula is C59H101N19O16. The van der Waals surface area contributed by atoms with Gasteiger partial charge in [0.15, 0.2) is 11.9 Å². The van der Waals surface area contributed by atoms with E-state index in [2.05, 4.69) is 57.8 Å². The summed E-state index contributed by atoms with van der Waals surface area (Å²) in [6.07, 6.45) is 3.15. The molecule has 0 radical (unpaired) electrons. The van der Waals surface area contributed by atoms with E-state index in [1.807, 2.05) is 0 Å². The van der Waals surface area contributed by atoms with Gasteiger partial charge in [-0.1, -0.05) is 58.1 Å². The second-order valence-corrected chi connectivity index (χ2v) is 23.5. The van der Waals surface area contributed by atoms with E-state index in [0.717, 1.165) is 19.3 Å². The van der Waals surface area contributed by atoms with Crippen molar-refractivity contribution in [3.8, 4) is 5.75 Å². The number of amides is 10. The topological polar surface area (TPSA) is 627 Å². The number of rotatable bonds is 46. The number of guanidine groups is 2. The van der Waals surface area contributed by atoms with Gasteiger partial charge in [-0.15, -0.1) is 0 Å². The van der Waals surface area contributed by atoms with Crippen molar-refractivity contribution in [2.24, 2.45) is 67.7 Å². The van der Waals surface area contributed by atoms with Crippen LogP contribution >= 0.6 is 0 Å². The molecule has 0 spiro atoms. The van der Waals surface area contributed by atoms with Crippen molar-refractivity contribution in [1.29, 1.82) is 0 Å². The summed E-state index contributed by atoms with van der Waals surface area (Å²) in [5.41, 5.74) is 45.8. The Morgan fingerprint density at radius 3 is 1.31 bits per heavy atom. The second-order valence-electron chi connectivity index (χ2n) is 23.5. The number of aliphatic carboxylic acids is 2. The van der Waals surface area contributed by atoms with Crippen LogP contribution in [0.3, 0.4) is 0 Å². The van der Waals surface area contributed by atoms with Crippen LogP contribution in [-0.4, -0.2) is 197 Å². The third-order valence-corrected chi connectivity index (χ3v) is 15.3. The lowest BCUT2D eigenvalue weighted by atomic mass is 9.84. The van der Waals surface area contributed by atoms with Crippen molar-refractivity contribution in [3.63, 3.8) is 0 Å². The molecule has 10 amide bonds. The smallest absolute Gasteiger partial charge is 0.326 e. The molecule has 0 aliphatic heterocycles. The summed E-state index contributed by atoms with van der Waals surface area (Å²) in [4.78, 5) is 170. The number of nitrogens with one attached hydrogen (secondary N) is 9. The number of carboxylic acid groups (broad SMARTS) is 2. The van der Waals surface area contributed by atoms with Crippen LogP contribution in [0.2, 0.25) is 0 Å². The molecule has 1 fully saturated rings. The quantitative estimate of drug-likeness (QED) is 0.0164. The van der Waals surface area contributed by atoms with Gasteiger partial charge in [-0.05, 0) is 126 Å². The number of aliphatic imine (C=N–C) groups is 2. The fourth-order valence-electron chi connectivity index (χ4n) is 10.1. The number of carbonyl (C=O) groups excluding carboxylic acids is 10. The number of nitrogens with two attached hydrogens (primary N) is 8. The standard InChI is InChI=1S/C59H101N19O16/c1-32(2)47(56(92)74-41(22-23-45(63)81)53(89)71-38(15-7-9-25-61)51(87)76-43(57(93)94)30-46(82)83)78-54(90)42(29-33-12-4-3-5-13-33)75-50(86)40(17-11-27-69-59(66)67)72-49(85)37(14-6-8-24-60)73-55(91)44(31-79)77-52(88)39(16-10-26-68-58(64)65)70-48(84)36(62)28-34-18-20-35(80)21-19-34/h18-21,32-33,36-44,47,79-80H,3-17,22-31,60-62H2,1-2H3,(H2,63,81)(H,70,84)(H,71,89)(H,72,85)(H,73,91)(H,74,92)(H,75,86)(H,76,87)(H,77,88)(H,78,90)(H,82,83)(H,93,94)(H4,64,65,68)(H4,66,67,69)/t36-,37+,38+,39+,40+,41+,42+,43+,44+,47+/m1/s1. The van der Waals surface area contributed by atoms with Crippen LogP contribution in [0.15, 0.2) is 34.3 Å². The average molecular weight is 1330 g/mol. The number of primary amides is 1. The van der Waals surface area contributed by atoms with Gasteiger partial charge in [-0.3, -0.25) is 62.7 Å².